The molecule has 1 aromatic carbocycles. The minimum absolute atomic E-state index is 0.00932. The van der Waals surface area contributed by atoms with E-state index in [1.165, 1.54) is 19.8 Å². The van der Waals surface area contributed by atoms with Crippen LogP contribution in [0.1, 0.15) is 48.5 Å². The molecule has 0 radical (unpaired) electrons. The van der Waals surface area contributed by atoms with E-state index < -0.39 is 0 Å². The molecule has 0 bridgehead atoms. The van der Waals surface area contributed by atoms with Crippen molar-refractivity contribution in [1.29, 1.82) is 0 Å². The zero-order chi connectivity index (χ0) is 19.8. The van der Waals surface area contributed by atoms with Crippen LogP contribution in [0.15, 0.2) is 42.6 Å². The van der Waals surface area contributed by atoms with Gasteiger partial charge in [-0.15, -0.1) is 0 Å². The highest BCUT2D eigenvalue weighted by molar-refractivity contribution is 5.94. The summed E-state index contributed by atoms with van der Waals surface area (Å²) in [6.45, 7) is 4.62. The van der Waals surface area contributed by atoms with E-state index in [0.717, 1.165) is 24.5 Å². The monoisotopic (exact) mass is 381 g/mol. The van der Waals surface area contributed by atoms with Gasteiger partial charge in [0.15, 0.2) is 5.78 Å². The molecular weight excluding hydrogens is 354 g/mol. The molecule has 6 heteroatoms. The average Bonchev–Trinajstić information content (AvgIpc) is 3.25. The van der Waals surface area contributed by atoms with Crippen molar-refractivity contribution >= 4 is 17.5 Å². The Labute approximate surface area is 165 Å². The minimum Gasteiger partial charge on any atom is -0.494 e. The molecule has 2 heterocycles. The van der Waals surface area contributed by atoms with Gasteiger partial charge in [0.05, 0.1) is 6.61 Å². The molecule has 6 nitrogen and oxygen atoms in total. The summed E-state index contributed by atoms with van der Waals surface area (Å²) in [5.74, 6) is 1.74. The van der Waals surface area contributed by atoms with Crippen molar-refractivity contribution in [1.82, 2.24) is 10.3 Å². The second-order valence-electron chi connectivity index (χ2n) is 7.03. The SMILES string of the molecule is CC(=O)c1ccc(OCCCC(=O)NCc2ccnc(N3CCCC3)c2)cc1. The van der Waals surface area contributed by atoms with E-state index in [4.69, 9.17) is 4.74 Å². The highest BCUT2D eigenvalue weighted by Gasteiger charge is 2.13. The highest BCUT2D eigenvalue weighted by atomic mass is 16.5. The molecular formula is C22H27N3O3. The Morgan fingerprint density at radius 1 is 1.14 bits per heavy atom. The second kappa shape index (κ2) is 9.88. The molecule has 1 amide bonds. The lowest BCUT2D eigenvalue weighted by molar-refractivity contribution is -0.121. The second-order valence-corrected chi connectivity index (χ2v) is 7.03. The normalized spacial score (nSPS) is 13.4. The minimum atomic E-state index is 0.00932. The smallest absolute Gasteiger partial charge is 0.220 e. The lowest BCUT2D eigenvalue weighted by Gasteiger charge is -2.17. The van der Waals surface area contributed by atoms with Gasteiger partial charge in [-0.1, -0.05) is 0 Å². The predicted molar refractivity (Wildman–Crippen MR) is 109 cm³/mol. The van der Waals surface area contributed by atoms with Crippen molar-refractivity contribution < 1.29 is 14.3 Å². The fraction of sp³-hybridized carbons (Fsp3) is 0.409. The third-order valence-electron chi connectivity index (χ3n) is 4.81. The number of anilines is 1. The summed E-state index contributed by atoms with van der Waals surface area (Å²) < 4.78 is 5.62. The number of carbonyl (C=O) groups is 2. The standard InChI is InChI=1S/C22H27N3O3/c1-17(26)19-6-8-20(9-7-19)28-14-4-5-22(27)24-16-18-10-11-23-21(15-18)25-12-2-3-13-25/h6-11,15H,2-5,12-14,16H2,1H3,(H,24,27). The number of amides is 1. The van der Waals surface area contributed by atoms with Gasteiger partial charge in [0.1, 0.15) is 11.6 Å². The van der Waals surface area contributed by atoms with Crippen LogP contribution in [0, 0.1) is 0 Å². The number of aromatic nitrogens is 1. The zero-order valence-electron chi connectivity index (χ0n) is 16.3. The van der Waals surface area contributed by atoms with Gasteiger partial charge in [-0.3, -0.25) is 9.59 Å². The van der Waals surface area contributed by atoms with Crippen molar-refractivity contribution in [2.45, 2.75) is 39.2 Å². The molecule has 3 rings (SSSR count). The zero-order valence-corrected chi connectivity index (χ0v) is 16.3. The number of ketones is 1. The van der Waals surface area contributed by atoms with E-state index in [9.17, 15) is 9.59 Å². The summed E-state index contributed by atoms with van der Waals surface area (Å²) in [6.07, 6.45) is 5.28. The molecule has 148 valence electrons. The van der Waals surface area contributed by atoms with Crippen LogP contribution in [-0.4, -0.2) is 36.4 Å². The summed E-state index contributed by atoms with van der Waals surface area (Å²) in [5, 5.41) is 2.96. The van der Waals surface area contributed by atoms with E-state index in [1.54, 1.807) is 30.5 Å². The molecule has 28 heavy (non-hydrogen) atoms. The molecule has 1 aliphatic heterocycles. The third-order valence-corrected chi connectivity index (χ3v) is 4.81. The molecule has 0 unspecified atom stereocenters. The first-order valence-electron chi connectivity index (χ1n) is 9.82. The van der Waals surface area contributed by atoms with Gasteiger partial charge in [-0.2, -0.15) is 0 Å². The van der Waals surface area contributed by atoms with Gasteiger partial charge in [-0.05, 0) is 68.1 Å². The number of rotatable bonds is 9. The van der Waals surface area contributed by atoms with E-state index in [1.807, 2.05) is 6.07 Å². The lowest BCUT2D eigenvalue weighted by Crippen LogP contribution is -2.24. The largest absolute Gasteiger partial charge is 0.494 e. The third kappa shape index (κ3) is 5.81. The Hall–Kier alpha value is -2.89. The van der Waals surface area contributed by atoms with Crippen LogP contribution >= 0.6 is 0 Å². The summed E-state index contributed by atoms with van der Waals surface area (Å²) in [4.78, 5) is 30.0. The number of carbonyl (C=O) groups excluding carboxylic acids is 2. The van der Waals surface area contributed by atoms with Crippen molar-refractivity contribution in [2.24, 2.45) is 0 Å². The molecule has 1 N–H and O–H groups in total. The van der Waals surface area contributed by atoms with Crippen molar-refractivity contribution in [3.8, 4) is 5.75 Å². The van der Waals surface area contributed by atoms with E-state index in [0.29, 0.717) is 37.3 Å². The van der Waals surface area contributed by atoms with Gasteiger partial charge < -0.3 is 15.0 Å². The molecule has 0 aliphatic carbocycles. The van der Waals surface area contributed by atoms with Gasteiger partial charge in [0, 0.05) is 37.8 Å². The number of ether oxygens (including phenoxy) is 1. The Balaban J connectivity index is 1.35. The Morgan fingerprint density at radius 2 is 1.89 bits per heavy atom. The fourth-order valence-corrected chi connectivity index (χ4v) is 3.19. The van der Waals surface area contributed by atoms with Crippen LogP contribution in [0.4, 0.5) is 5.82 Å². The molecule has 0 spiro atoms. The maximum Gasteiger partial charge on any atom is 0.220 e. The number of hydrogen-bond donors (Lipinski definition) is 1. The summed E-state index contributed by atoms with van der Waals surface area (Å²) >= 11 is 0. The maximum atomic E-state index is 12.1. The number of nitrogens with one attached hydrogen (secondary N) is 1. The Morgan fingerprint density at radius 3 is 2.61 bits per heavy atom. The van der Waals surface area contributed by atoms with Crippen molar-refractivity contribution in [2.75, 3.05) is 24.6 Å². The van der Waals surface area contributed by atoms with Crippen LogP contribution in [0.5, 0.6) is 5.75 Å². The molecule has 1 aromatic heterocycles. The van der Waals surface area contributed by atoms with E-state index in [2.05, 4.69) is 21.3 Å². The first-order valence-corrected chi connectivity index (χ1v) is 9.82. The number of Topliss-reactive ketones (excluding diaryl/α,β-unsaturated/α-hetero) is 1. The van der Waals surface area contributed by atoms with Gasteiger partial charge >= 0.3 is 0 Å². The Kier molecular flexibility index (Phi) is 7.00. The van der Waals surface area contributed by atoms with Gasteiger partial charge in [0.25, 0.3) is 0 Å². The summed E-state index contributed by atoms with van der Waals surface area (Å²) in [5.41, 5.74) is 1.72. The molecule has 0 atom stereocenters. The van der Waals surface area contributed by atoms with Crippen LogP contribution in [0.2, 0.25) is 0 Å². The average molecular weight is 381 g/mol. The predicted octanol–water partition coefficient (Wildman–Crippen LogP) is 3.36. The fourth-order valence-electron chi connectivity index (χ4n) is 3.19. The van der Waals surface area contributed by atoms with Crippen molar-refractivity contribution in [3.05, 3.63) is 53.7 Å². The van der Waals surface area contributed by atoms with Crippen LogP contribution in [-0.2, 0) is 11.3 Å². The maximum absolute atomic E-state index is 12.1. The number of hydrogen-bond acceptors (Lipinski definition) is 5. The quantitative estimate of drug-likeness (QED) is 0.533. The summed E-state index contributed by atoms with van der Waals surface area (Å²) in [7, 11) is 0. The molecule has 1 fully saturated rings. The molecule has 1 saturated heterocycles. The number of pyridine rings is 1. The molecule has 1 aliphatic rings. The van der Waals surface area contributed by atoms with E-state index >= 15 is 0 Å². The van der Waals surface area contributed by atoms with Gasteiger partial charge in [-0.25, -0.2) is 4.98 Å². The number of benzene rings is 1. The van der Waals surface area contributed by atoms with Crippen LogP contribution < -0.4 is 15.0 Å². The highest BCUT2D eigenvalue weighted by Crippen LogP contribution is 2.18. The molecule has 0 saturated carbocycles. The van der Waals surface area contributed by atoms with Crippen molar-refractivity contribution in [3.63, 3.8) is 0 Å². The van der Waals surface area contributed by atoms with E-state index in [-0.39, 0.29) is 11.7 Å². The topological polar surface area (TPSA) is 71.5 Å². The first-order chi connectivity index (χ1) is 13.6. The van der Waals surface area contributed by atoms with Crippen LogP contribution in [0.3, 0.4) is 0 Å². The van der Waals surface area contributed by atoms with Gasteiger partial charge in [0.2, 0.25) is 5.91 Å². The first kappa shape index (κ1) is 19.9. The van der Waals surface area contributed by atoms with Crippen LogP contribution in [0.25, 0.3) is 0 Å². The Bertz CT molecular complexity index is 799. The lowest BCUT2D eigenvalue weighted by atomic mass is 10.1. The molecule has 2 aromatic rings. The number of nitrogens with zero attached hydrogens (tertiary/aromatic N) is 2. The summed E-state index contributed by atoms with van der Waals surface area (Å²) in [6, 6.07) is 11.0.